The topological polar surface area (TPSA) is 66.9 Å². The lowest BCUT2D eigenvalue weighted by atomic mass is 10.2. The van der Waals surface area contributed by atoms with Gasteiger partial charge in [0.05, 0.1) is 24.0 Å². The van der Waals surface area contributed by atoms with Crippen molar-refractivity contribution in [3.63, 3.8) is 0 Å². The minimum absolute atomic E-state index is 0.118. The molecule has 0 aliphatic carbocycles. The molecule has 2 fully saturated rings. The van der Waals surface area contributed by atoms with E-state index in [1.807, 2.05) is 0 Å². The number of carbonyl (C=O) groups excluding carboxylic acids is 1. The number of carbonyl (C=O) groups is 1. The Balaban J connectivity index is 1.84. The number of benzene rings is 1. The number of thioether (sulfide) groups is 1. The molecule has 1 amide bonds. The number of hydrogen-bond donors (Lipinski definition) is 0. The van der Waals surface area contributed by atoms with E-state index < -0.39 is 16.1 Å². The van der Waals surface area contributed by atoms with Crippen LogP contribution in [0.15, 0.2) is 29.2 Å². The van der Waals surface area contributed by atoms with Crippen molar-refractivity contribution in [2.24, 2.45) is 0 Å². The first-order valence-electron chi connectivity index (χ1n) is 7.22. The molecule has 0 spiro atoms. The van der Waals surface area contributed by atoms with Crippen LogP contribution >= 0.6 is 23.4 Å². The van der Waals surface area contributed by atoms with Crippen LogP contribution < -0.4 is 0 Å². The Bertz CT molecular complexity index is 692. The normalized spacial score (nSPS) is 23.2. The number of morpholine rings is 1. The van der Waals surface area contributed by atoms with Gasteiger partial charge in [0.25, 0.3) is 0 Å². The lowest BCUT2D eigenvalue weighted by Gasteiger charge is -2.31. The van der Waals surface area contributed by atoms with Gasteiger partial charge in [0, 0.05) is 23.9 Å². The van der Waals surface area contributed by atoms with E-state index >= 15 is 0 Å². The zero-order valence-electron chi connectivity index (χ0n) is 12.4. The second kappa shape index (κ2) is 6.98. The van der Waals surface area contributed by atoms with Gasteiger partial charge in [0.2, 0.25) is 15.9 Å². The SMILES string of the molecule is O=C([C@@H]1CSCN1S(=O)(=O)c1cccc(Cl)c1)N1CCOCC1. The number of halogens is 1. The molecule has 3 rings (SSSR count). The van der Waals surface area contributed by atoms with Crippen LogP contribution in [0.4, 0.5) is 0 Å². The summed E-state index contributed by atoms with van der Waals surface area (Å²) in [6.45, 7) is 2.00. The van der Waals surface area contributed by atoms with Gasteiger partial charge in [0.1, 0.15) is 6.04 Å². The number of amides is 1. The molecular formula is C14H17ClN2O4S2. The highest BCUT2D eigenvalue weighted by molar-refractivity contribution is 8.00. The molecule has 1 atom stereocenters. The van der Waals surface area contributed by atoms with E-state index in [2.05, 4.69) is 0 Å². The summed E-state index contributed by atoms with van der Waals surface area (Å²) in [6, 6.07) is 5.46. The van der Waals surface area contributed by atoms with Crippen molar-refractivity contribution in [3.8, 4) is 0 Å². The Morgan fingerprint density at radius 2 is 2.04 bits per heavy atom. The quantitative estimate of drug-likeness (QED) is 0.794. The molecule has 126 valence electrons. The zero-order chi connectivity index (χ0) is 16.4. The summed E-state index contributed by atoms with van der Waals surface area (Å²) in [5.74, 6) is 0.592. The molecule has 0 unspecified atom stereocenters. The molecule has 0 radical (unpaired) electrons. The highest BCUT2D eigenvalue weighted by atomic mass is 35.5. The molecule has 2 heterocycles. The minimum Gasteiger partial charge on any atom is -0.378 e. The maximum absolute atomic E-state index is 12.8. The largest absolute Gasteiger partial charge is 0.378 e. The maximum atomic E-state index is 12.8. The van der Waals surface area contributed by atoms with Gasteiger partial charge in [-0.25, -0.2) is 8.42 Å². The molecule has 0 bridgehead atoms. The standard InChI is InChI=1S/C14H17ClN2O4S2/c15-11-2-1-3-12(8-11)23(19,20)17-10-22-9-13(17)14(18)16-4-6-21-7-5-16/h1-3,8,13H,4-7,9-10H2/t13-/m0/s1. The third-order valence-electron chi connectivity index (χ3n) is 3.85. The summed E-state index contributed by atoms with van der Waals surface area (Å²) < 4.78 is 32.2. The predicted molar refractivity (Wildman–Crippen MR) is 89.0 cm³/mol. The second-order valence-electron chi connectivity index (χ2n) is 5.30. The molecule has 2 aliphatic heterocycles. The molecule has 0 saturated carbocycles. The number of nitrogens with zero attached hydrogens (tertiary/aromatic N) is 2. The first-order valence-corrected chi connectivity index (χ1v) is 10.2. The van der Waals surface area contributed by atoms with E-state index in [1.165, 1.54) is 28.2 Å². The number of sulfonamides is 1. The van der Waals surface area contributed by atoms with Crippen molar-refractivity contribution in [2.75, 3.05) is 37.9 Å². The van der Waals surface area contributed by atoms with Crippen LogP contribution in [0.5, 0.6) is 0 Å². The lowest BCUT2D eigenvalue weighted by Crippen LogP contribution is -2.51. The van der Waals surface area contributed by atoms with Crippen molar-refractivity contribution in [3.05, 3.63) is 29.3 Å². The zero-order valence-corrected chi connectivity index (χ0v) is 14.7. The Morgan fingerprint density at radius 3 is 2.74 bits per heavy atom. The monoisotopic (exact) mass is 376 g/mol. The van der Waals surface area contributed by atoms with Crippen LogP contribution in [0.3, 0.4) is 0 Å². The van der Waals surface area contributed by atoms with E-state index in [9.17, 15) is 13.2 Å². The second-order valence-corrected chi connectivity index (χ2v) is 8.63. The summed E-state index contributed by atoms with van der Waals surface area (Å²) in [5, 5.41) is 0.356. The van der Waals surface area contributed by atoms with Gasteiger partial charge in [-0.05, 0) is 18.2 Å². The molecule has 23 heavy (non-hydrogen) atoms. The summed E-state index contributed by atoms with van der Waals surface area (Å²) in [5.41, 5.74) is 0. The van der Waals surface area contributed by atoms with Crippen LogP contribution in [-0.2, 0) is 19.6 Å². The van der Waals surface area contributed by atoms with E-state index in [-0.39, 0.29) is 16.7 Å². The van der Waals surface area contributed by atoms with Gasteiger partial charge < -0.3 is 9.64 Å². The van der Waals surface area contributed by atoms with Gasteiger partial charge in [-0.15, -0.1) is 11.8 Å². The van der Waals surface area contributed by atoms with Crippen molar-refractivity contribution in [1.82, 2.24) is 9.21 Å². The fourth-order valence-electron chi connectivity index (χ4n) is 2.62. The van der Waals surface area contributed by atoms with Crippen LogP contribution in [0.1, 0.15) is 0 Å². The van der Waals surface area contributed by atoms with Crippen molar-refractivity contribution in [1.29, 1.82) is 0 Å². The van der Waals surface area contributed by atoms with Crippen molar-refractivity contribution < 1.29 is 17.9 Å². The number of hydrogen-bond acceptors (Lipinski definition) is 5. The van der Waals surface area contributed by atoms with E-state index in [1.54, 1.807) is 17.0 Å². The third-order valence-corrected chi connectivity index (χ3v) is 7.11. The minimum atomic E-state index is -3.74. The number of ether oxygens (including phenoxy) is 1. The summed E-state index contributed by atoms with van der Waals surface area (Å²) >= 11 is 7.34. The van der Waals surface area contributed by atoms with E-state index in [4.69, 9.17) is 16.3 Å². The molecule has 6 nitrogen and oxygen atoms in total. The van der Waals surface area contributed by atoms with Crippen molar-refractivity contribution in [2.45, 2.75) is 10.9 Å². The molecule has 2 saturated heterocycles. The van der Waals surface area contributed by atoms with Crippen molar-refractivity contribution >= 4 is 39.3 Å². The molecule has 2 aliphatic rings. The highest BCUT2D eigenvalue weighted by Crippen LogP contribution is 2.30. The molecular weight excluding hydrogens is 360 g/mol. The van der Waals surface area contributed by atoms with Gasteiger partial charge in [-0.1, -0.05) is 17.7 Å². The van der Waals surface area contributed by atoms with Crippen LogP contribution in [-0.4, -0.2) is 67.5 Å². The summed E-state index contributed by atoms with van der Waals surface area (Å²) in [7, 11) is -3.74. The first-order chi connectivity index (χ1) is 11.0. The average Bonchev–Trinajstić information content (AvgIpc) is 3.05. The molecule has 0 aromatic heterocycles. The Labute approximate surface area is 144 Å². The third kappa shape index (κ3) is 3.51. The maximum Gasteiger partial charge on any atom is 0.244 e. The van der Waals surface area contributed by atoms with E-state index in [0.717, 1.165) is 0 Å². The molecule has 1 aromatic carbocycles. The fourth-order valence-corrected chi connectivity index (χ4v) is 6.05. The van der Waals surface area contributed by atoms with Gasteiger partial charge >= 0.3 is 0 Å². The highest BCUT2D eigenvalue weighted by Gasteiger charge is 2.41. The van der Waals surface area contributed by atoms with Gasteiger partial charge in [-0.3, -0.25) is 4.79 Å². The summed E-state index contributed by atoms with van der Waals surface area (Å²) in [4.78, 5) is 14.5. The molecule has 1 aromatic rings. The smallest absolute Gasteiger partial charge is 0.244 e. The fraction of sp³-hybridized carbons (Fsp3) is 0.500. The number of rotatable bonds is 3. The Hall–Kier alpha value is -0.800. The predicted octanol–water partition coefficient (Wildman–Crippen LogP) is 1.26. The Kier molecular flexibility index (Phi) is 5.17. The van der Waals surface area contributed by atoms with E-state index in [0.29, 0.717) is 37.1 Å². The lowest BCUT2D eigenvalue weighted by molar-refractivity contribution is -0.138. The van der Waals surface area contributed by atoms with Gasteiger partial charge in [-0.2, -0.15) is 4.31 Å². The van der Waals surface area contributed by atoms with Crippen LogP contribution in [0, 0.1) is 0 Å². The summed E-state index contributed by atoms with van der Waals surface area (Å²) in [6.07, 6.45) is 0. The first kappa shape index (κ1) is 17.0. The Morgan fingerprint density at radius 1 is 1.30 bits per heavy atom. The molecule has 0 N–H and O–H groups in total. The van der Waals surface area contributed by atoms with Gasteiger partial charge in [0.15, 0.2) is 0 Å². The average molecular weight is 377 g/mol. The van der Waals surface area contributed by atoms with Crippen LogP contribution in [0.2, 0.25) is 5.02 Å². The molecule has 9 heteroatoms. The van der Waals surface area contributed by atoms with Crippen LogP contribution in [0.25, 0.3) is 0 Å².